The summed E-state index contributed by atoms with van der Waals surface area (Å²) >= 11 is 0. The van der Waals surface area contributed by atoms with E-state index in [0.717, 1.165) is 36.4 Å². The first kappa shape index (κ1) is 23.4. The van der Waals surface area contributed by atoms with Crippen molar-refractivity contribution in [2.75, 3.05) is 0 Å². The zero-order chi connectivity index (χ0) is 26.6. The standard InChI is InChI=1S/C21H15N3O12/c25-10-4-1-7(13(28)16(10)31)22-19(34)23(8-2-5-11(26)17(32)14(8)29)21(36)24(20(22)35)9-3-6-12(27)18(33)15(9)30/h1-6,25-33H. The molecule has 0 saturated carbocycles. The Morgan fingerprint density at radius 1 is 0.361 bits per heavy atom. The van der Waals surface area contributed by atoms with E-state index in [9.17, 15) is 60.3 Å². The Balaban J connectivity index is 2.27. The molecule has 0 atom stereocenters. The summed E-state index contributed by atoms with van der Waals surface area (Å²) in [5.74, 6) is -9.46. The molecule has 1 aromatic heterocycles. The molecule has 15 heteroatoms. The summed E-state index contributed by atoms with van der Waals surface area (Å²) in [6.07, 6.45) is 0. The maximum absolute atomic E-state index is 13.3. The molecule has 4 aromatic rings. The van der Waals surface area contributed by atoms with Gasteiger partial charge in [0.2, 0.25) is 17.2 Å². The van der Waals surface area contributed by atoms with Gasteiger partial charge in [0.05, 0.1) is 0 Å². The van der Waals surface area contributed by atoms with Crippen LogP contribution >= 0.6 is 0 Å². The van der Waals surface area contributed by atoms with Gasteiger partial charge < -0.3 is 46.0 Å². The Hall–Kier alpha value is -5.73. The SMILES string of the molecule is O=c1n(-c2ccc(O)c(O)c2O)c(=O)n(-c2ccc(O)c(O)c2O)c(=O)n1-c1ccc(O)c(O)c1O. The van der Waals surface area contributed by atoms with Gasteiger partial charge in [0.1, 0.15) is 17.1 Å². The lowest BCUT2D eigenvalue weighted by Crippen LogP contribution is -2.52. The molecule has 0 fully saturated rings. The van der Waals surface area contributed by atoms with Crippen molar-refractivity contribution in [2.45, 2.75) is 0 Å². The van der Waals surface area contributed by atoms with Crippen molar-refractivity contribution in [3.63, 3.8) is 0 Å². The number of hydrogen-bond donors (Lipinski definition) is 9. The third kappa shape index (κ3) is 3.18. The zero-order valence-electron chi connectivity index (χ0n) is 17.6. The van der Waals surface area contributed by atoms with Crippen LogP contribution in [-0.2, 0) is 0 Å². The molecule has 0 aliphatic carbocycles. The van der Waals surface area contributed by atoms with Crippen molar-refractivity contribution in [1.29, 1.82) is 0 Å². The fourth-order valence-corrected chi connectivity index (χ4v) is 3.38. The molecule has 36 heavy (non-hydrogen) atoms. The van der Waals surface area contributed by atoms with Crippen LogP contribution in [0.1, 0.15) is 0 Å². The second-order valence-electron chi connectivity index (χ2n) is 7.26. The molecule has 15 nitrogen and oxygen atoms in total. The number of phenols is 9. The molecule has 186 valence electrons. The monoisotopic (exact) mass is 501 g/mol. The molecule has 3 aromatic carbocycles. The van der Waals surface area contributed by atoms with Gasteiger partial charge in [0, 0.05) is 0 Å². The summed E-state index contributed by atoms with van der Waals surface area (Å²) in [5.41, 5.74) is -7.05. The van der Waals surface area contributed by atoms with Crippen LogP contribution < -0.4 is 17.1 Å². The molecule has 1 heterocycles. The van der Waals surface area contributed by atoms with Crippen molar-refractivity contribution in [2.24, 2.45) is 0 Å². The number of nitrogens with zero attached hydrogens (tertiary/aromatic N) is 3. The van der Waals surface area contributed by atoms with Crippen LogP contribution in [0.2, 0.25) is 0 Å². The first-order valence-corrected chi connectivity index (χ1v) is 9.62. The molecule has 0 aliphatic heterocycles. The van der Waals surface area contributed by atoms with Gasteiger partial charge in [0.15, 0.2) is 34.5 Å². The largest absolute Gasteiger partial charge is 0.504 e. The third-order valence-corrected chi connectivity index (χ3v) is 5.20. The van der Waals surface area contributed by atoms with E-state index in [1.807, 2.05) is 0 Å². The van der Waals surface area contributed by atoms with E-state index in [0.29, 0.717) is 0 Å². The second kappa shape index (κ2) is 7.94. The van der Waals surface area contributed by atoms with Gasteiger partial charge in [-0.3, -0.25) is 0 Å². The molecule has 0 saturated heterocycles. The van der Waals surface area contributed by atoms with Crippen molar-refractivity contribution in [1.82, 2.24) is 13.7 Å². The van der Waals surface area contributed by atoms with Crippen molar-refractivity contribution < 1.29 is 46.0 Å². The average molecular weight is 501 g/mol. The summed E-state index contributed by atoms with van der Waals surface area (Å²) in [7, 11) is 0. The minimum absolute atomic E-state index is 0.0998. The van der Waals surface area contributed by atoms with E-state index in [-0.39, 0.29) is 13.7 Å². The molecular weight excluding hydrogens is 486 g/mol. The number of hydrogen-bond acceptors (Lipinski definition) is 12. The van der Waals surface area contributed by atoms with Crippen LogP contribution in [-0.4, -0.2) is 59.7 Å². The van der Waals surface area contributed by atoms with Crippen molar-refractivity contribution in [3.05, 3.63) is 67.9 Å². The molecule has 0 amide bonds. The quantitative estimate of drug-likeness (QED) is 0.161. The van der Waals surface area contributed by atoms with Gasteiger partial charge in [-0.25, -0.2) is 28.1 Å². The number of benzene rings is 3. The summed E-state index contributed by atoms with van der Waals surface area (Å²) in [5, 5.41) is 89.3. The minimum atomic E-state index is -1.58. The Morgan fingerprint density at radius 3 is 0.806 bits per heavy atom. The van der Waals surface area contributed by atoms with Crippen LogP contribution in [0.15, 0.2) is 50.8 Å². The molecule has 0 bridgehead atoms. The fourth-order valence-electron chi connectivity index (χ4n) is 3.38. The Bertz CT molecular complexity index is 1520. The van der Waals surface area contributed by atoms with Gasteiger partial charge in [-0.1, -0.05) is 0 Å². The van der Waals surface area contributed by atoms with E-state index in [1.165, 1.54) is 0 Å². The fraction of sp³-hybridized carbons (Fsp3) is 0. The zero-order valence-corrected chi connectivity index (χ0v) is 17.6. The van der Waals surface area contributed by atoms with Gasteiger partial charge in [0.25, 0.3) is 0 Å². The highest BCUT2D eigenvalue weighted by molar-refractivity contribution is 5.63. The van der Waals surface area contributed by atoms with E-state index < -0.39 is 85.9 Å². The first-order valence-electron chi connectivity index (χ1n) is 9.62. The van der Waals surface area contributed by atoms with E-state index in [2.05, 4.69) is 0 Å². The number of aromatic hydroxyl groups is 9. The molecule has 0 spiro atoms. The second-order valence-corrected chi connectivity index (χ2v) is 7.26. The Kier molecular flexibility index (Phi) is 5.17. The molecule has 9 N–H and O–H groups in total. The Morgan fingerprint density at radius 2 is 0.583 bits per heavy atom. The molecule has 0 aliphatic rings. The minimum Gasteiger partial charge on any atom is -0.504 e. The molecule has 0 unspecified atom stereocenters. The summed E-state index contributed by atoms with van der Waals surface area (Å²) in [4.78, 5) is 40.0. The van der Waals surface area contributed by atoms with Gasteiger partial charge >= 0.3 is 17.1 Å². The maximum Gasteiger partial charge on any atom is 0.345 e. The van der Waals surface area contributed by atoms with Crippen LogP contribution in [0.3, 0.4) is 0 Å². The summed E-state index contributed by atoms with van der Waals surface area (Å²) in [6.45, 7) is 0. The lowest BCUT2D eigenvalue weighted by molar-refractivity contribution is 0.363. The van der Waals surface area contributed by atoms with Crippen molar-refractivity contribution >= 4 is 0 Å². The van der Waals surface area contributed by atoms with Crippen molar-refractivity contribution in [3.8, 4) is 68.8 Å². The number of phenolic OH excluding ortho intramolecular Hbond substituents is 9. The van der Waals surface area contributed by atoms with Crippen LogP contribution in [0.5, 0.6) is 51.7 Å². The molecule has 4 rings (SSSR count). The normalized spacial score (nSPS) is 11.0. The number of aromatic nitrogens is 3. The predicted molar refractivity (Wildman–Crippen MR) is 118 cm³/mol. The van der Waals surface area contributed by atoms with Gasteiger partial charge in [-0.05, 0) is 36.4 Å². The highest BCUT2D eigenvalue weighted by Crippen LogP contribution is 2.40. The highest BCUT2D eigenvalue weighted by Gasteiger charge is 2.27. The van der Waals surface area contributed by atoms with Crippen LogP contribution in [0, 0.1) is 0 Å². The maximum atomic E-state index is 13.3. The van der Waals surface area contributed by atoms with E-state index >= 15 is 0 Å². The average Bonchev–Trinajstić information content (AvgIpc) is 2.83. The lowest BCUT2D eigenvalue weighted by Gasteiger charge is -2.17. The van der Waals surface area contributed by atoms with E-state index in [1.54, 1.807) is 0 Å². The smallest absolute Gasteiger partial charge is 0.345 e. The Labute approximate surface area is 197 Å². The topological polar surface area (TPSA) is 248 Å². The predicted octanol–water partition coefficient (Wildman–Crippen LogP) is -0.510. The summed E-state index contributed by atoms with van der Waals surface area (Å²) < 4.78 is 0.299. The molecule has 0 radical (unpaired) electrons. The number of rotatable bonds is 3. The van der Waals surface area contributed by atoms with Crippen LogP contribution in [0.4, 0.5) is 0 Å². The lowest BCUT2D eigenvalue weighted by atomic mass is 10.2. The first-order chi connectivity index (χ1) is 16.9. The van der Waals surface area contributed by atoms with Gasteiger partial charge in [-0.15, -0.1) is 0 Å². The van der Waals surface area contributed by atoms with Gasteiger partial charge in [-0.2, -0.15) is 0 Å². The van der Waals surface area contributed by atoms with E-state index in [4.69, 9.17) is 0 Å². The molecular formula is C21H15N3O12. The summed E-state index contributed by atoms with van der Waals surface area (Å²) in [6, 6.07) is 4.83. The third-order valence-electron chi connectivity index (χ3n) is 5.20. The highest BCUT2D eigenvalue weighted by atomic mass is 16.3. The van der Waals surface area contributed by atoms with Crippen LogP contribution in [0.25, 0.3) is 17.1 Å².